The zero-order valence-corrected chi connectivity index (χ0v) is 16.0. The molecule has 0 radical (unpaired) electrons. The molecule has 0 aromatic heterocycles. The smallest absolute Gasteiger partial charge is 0.293 e. The second-order valence-corrected chi connectivity index (χ2v) is 7.29. The lowest BCUT2D eigenvalue weighted by molar-refractivity contribution is -0.122. The summed E-state index contributed by atoms with van der Waals surface area (Å²) in [7, 11) is 3.22. The minimum atomic E-state index is -0.248. The van der Waals surface area contributed by atoms with E-state index in [2.05, 4.69) is 4.90 Å². The molecule has 2 fully saturated rings. The van der Waals surface area contributed by atoms with Gasteiger partial charge in [0.1, 0.15) is 5.75 Å². The van der Waals surface area contributed by atoms with Crippen LogP contribution in [-0.2, 0) is 9.53 Å². The van der Waals surface area contributed by atoms with E-state index in [1.807, 2.05) is 18.2 Å². The van der Waals surface area contributed by atoms with Crippen molar-refractivity contribution >= 4 is 34.7 Å². The van der Waals surface area contributed by atoms with Gasteiger partial charge in [0, 0.05) is 50.7 Å². The predicted molar refractivity (Wildman–Crippen MR) is 104 cm³/mol. The van der Waals surface area contributed by atoms with Crippen molar-refractivity contribution < 1.29 is 19.1 Å². The second kappa shape index (κ2) is 8.60. The molecular formula is C19H24N2O4S. The Bertz CT molecular complexity index is 713. The Kier molecular flexibility index (Phi) is 6.21. The molecule has 2 aliphatic rings. The summed E-state index contributed by atoms with van der Waals surface area (Å²) in [5.74, 6) is 0.461. The average molecular weight is 376 g/mol. The summed E-state index contributed by atoms with van der Waals surface area (Å²) in [6.07, 6.45) is 4.80. The van der Waals surface area contributed by atoms with Gasteiger partial charge in [0.05, 0.1) is 12.0 Å². The minimum absolute atomic E-state index is 0.231. The molecule has 0 spiro atoms. The van der Waals surface area contributed by atoms with E-state index >= 15 is 0 Å². The van der Waals surface area contributed by atoms with Crippen LogP contribution in [0.5, 0.6) is 5.75 Å². The average Bonchev–Trinajstić information content (AvgIpc) is 3.26. The van der Waals surface area contributed by atoms with Crippen LogP contribution < -0.4 is 9.64 Å². The van der Waals surface area contributed by atoms with Gasteiger partial charge in [-0.15, -0.1) is 0 Å². The monoisotopic (exact) mass is 376 g/mol. The Morgan fingerprint density at radius 1 is 1.19 bits per heavy atom. The molecule has 1 aromatic rings. The predicted octanol–water partition coefficient (Wildman–Crippen LogP) is 3.37. The van der Waals surface area contributed by atoms with Gasteiger partial charge >= 0.3 is 0 Å². The molecule has 0 aliphatic carbocycles. The van der Waals surface area contributed by atoms with Gasteiger partial charge in [-0.2, -0.15) is 0 Å². The topological polar surface area (TPSA) is 59.1 Å². The highest BCUT2D eigenvalue weighted by molar-refractivity contribution is 8.18. The molecule has 2 amide bonds. The van der Waals surface area contributed by atoms with E-state index in [0.717, 1.165) is 36.1 Å². The fourth-order valence-electron chi connectivity index (χ4n) is 3.19. The Balaban J connectivity index is 1.78. The molecule has 2 saturated heterocycles. The second-order valence-electron chi connectivity index (χ2n) is 6.30. The molecule has 0 bridgehead atoms. The van der Waals surface area contributed by atoms with Crippen LogP contribution >= 0.6 is 11.8 Å². The number of methoxy groups -OCH3 is 2. The maximum atomic E-state index is 12.5. The summed E-state index contributed by atoms with van der Waals surface area (Å²) >= 11 is 0.975. The third-order valence-electron chi connectivity index (χ3n) is 4.58. The summed E-state index contributed by atoms with van der Waals surface area (Å²) in [6, 6.07) is 5.99. The molecule has 0 saturated carbocycles. The number of ether oxygens (including phenoxy) is 2. The number of carbonyl (C=O) groups excluding carboxylic acids is 2. The number of imide groups is 1. The van der Waals surface area contributed by atoms with Gasteiger partial charge in [0.2, 0.25) is 0 Å². The van der Waals surface area contributed by atoms with E-state index in [4.69, 9.17) is 9.47 Å². The number of thioether (sulfide) groups is 1. The Hall–Kier alpha value is -1.99. The normalized spacial score (nSPS) is 19.1. The lowest BCUT2D eigenvalue weighted by Crippen LogP contribution is -2.29. The molecular weight excluding hydrogens is 352 g/mol. The molecule has 2 heterocycles. The third kappa shape index (κ3) is 4.04. The van der Waals surface area contributed by atoms with Gasteiger partial charge in [-0.3, -0.25) is 14.5 Å². The van der Waals surface area contributed by atoms with E-state index in [9.17, 15) is 9.59 Å². The van der Waals surface area contributed by atoms with E-state index in [1.54, 1.807) is 20.3 Å². The first-order chi connectivity index (χ1) is 12.6. The van der Waals surface area contributed by atoms with Crippen molar-refractivity contribution in [3.8, 4) is 5.75 Å². The van der Waals surface area contributed by atoms with Gasteiger partial charge in [0.25, 0.3) is 11.1 Å². The molecule has 0 atom stereocenters. The van der Waals surface area contributed by atoms with Crippen LogP contribution in [0, 0.1) is 0 Å². The number of nitrogens with zero attached hydrogens (tertiary/aromatic N) is 2. The lowest BCUT2D eigenvalue weighted by atomic mass is 10.1. The van der Waals surface area contributed by atoms with Crippen LogP contribution in [0.15, 0.2) is 23.1 Å². The lowest BCUT2D eigenvalue weighted by Gasteiger charge is -2.19. The van der Waals surface area contributed by atoms with E-state index in [-0.39, 0.29) is 11.1 Å². The van der Waals surface area contributed by atoms with Gasteiger partial charge in [-0.25, -0.2) is 0 Å². The van der Waals surface area contributed by atoms with E-state index in [0.29, 0.717) is 30.2 Å². The number of hydrogen-bond acceptors (Lipinski definition) is 6. The Morgan fingerprint density at radius 2 is 1.96 bits per heavy atom. The molecule has 3 rings (SSSR count). The summed E-state index contributed by atoms with van der Waals surface area (Å²) in [5, 5.41) is -0.231. The molecule has 6 nitrogen and oxygen atoms in total. The van der Waals surface area contributed by atoms with Crippen LogP contribution in [-0.4, -0.2) is 56.5 Å². The molecule has 0 N–H and O–H groups in total. The van der Waals surface area contributed by atoms with Crippen molar-refractivity contribution in [3.05, 3.63) is 28.7 Å². The minimum Gasteiger partial charge on any atom is -0.496 e. The van der Waals surface area contributed by atoms with Crippen molar-refractivity contribution in [2.75, 3.05) is 45.4 Å². The van der Waals surface area contributed by atoms with Crippen LogP contribution in [0.4, 0.5) is 10.5 Å². The first-order valence-electron chi connectivity index (χ1n) is 8.81. The molecule has 1 aromatic carbocycles. The molecule has 2 aliphatic heterocycles. The number of hydrogen-bond donors (Lipinski definition) is 0. The Labute approximate surface area is 158 Å². The summed E-state index contributed by atoms with van der Waals surface area (Å²) in [4.78, 5) is 28.7. The highest BCUT2D eigenvalue weighted by atomic mass is 32.2. The zero-order chi connectivity index (χ0) is 18.5. The maximum Gasteiger partial charge on any atom is 0.293 e. The van der Waals surface area contributed by atoms with Gasteiger partial charge in [-0.1, -0.05) is 0 Å². The number of rotatable bonds is 7. The van der Waals surface area contributed by atoms with Crippen molar-refractivity contribution in [1.82, 2.24) is 4.90 Å². The van der Waals surface area contributed by atoms with Gasteiger partial charge in [0.15, 0.2) is 0 Å². The highest BCUT2D eigenvalue weighted by Crippen LogP contribution is 2.35. The fraction of sp³-hybridized carbons (Fsp3) is 0.474. The maximum absolute atomic E-state index is 12.5. The standard InChI is InChI=1S/C19H24N2O4S/c1-24-11-5-10-21-18(22)17(26-19(21)23)12-14-6-7-15(13-16(14)25-2)20-8-3-4-9-20/h6-7,12-13H,3-5,8-11H2,1-2H3/b17-12+. The number of amides is 2. The van der Waals surface area contributed by atoms with Crippen molar-refractivity contribution in [3.63, 3.8) is 0 Å². The number of anilines is 1. The number of carbonyl (C=O) groups is 2. The first kappa shape index (κ1) is 18.8. The quantitative estimate of drug-likeness (QED) is 0.537. The summed E-state index contributed by atoms with van der Waals surface area (Å²) < 4.78 is 10.5. The number of benzene rings is 1. The van der Waals surface area contributed by atoms with E-state index < -0.39 is 0 Å². The largest absolute Gasteiger partial charge is 0.496 e. The fourth-order valence-corrected chi connectivity index (χ4v) is 4.05. The summed E-state index contributed by atoms with van der Waals surface area (Å²) in [6.45, 7) is 3.01. The highest BCUT2D eigenvalue weighted by Gasteiger charge is 2.34. The first-order valence-corrected chi connectivity index (χ1v) is 9.63. The Morgan fingerprint density at radius 3 is 2.65 bits per heavy atom. The molecule has 7 heteroatoms. The van der Waals surface area contributed by atoms with Gasteiger partial charge in [-0.05, 0) is 49.2 Å². The van der Waals surface area contributed by atoms with Crippen LogP contribution in [0.3, 0.4) is 0 Å². The van der Waals surface area contributed by atoms with Crippen LogP contribution in [0.2, 0.25) is 0 Å². The third-order valence-corrected chi connectivity index (χ3v) is 5.49. The zero-order valence-electron chi connectivity index (χ0n) is 15.2. The van der Waals surface area contributed by atoms with Crippen molar-refractivity contribution in [2.45, 2.75) is 19.3 Å². The van der Waals surface area contributed by atoms with Crippen LogP contribution in [0.1, 0.15) is 24.8 Å². The van der Waals surface area contributed by atoms with Crippen molar-refractivity contribution in [1.29, 1.82) is 0 Å². The van der Waals surface area contributed by atoms with E-state index in [1.165, 1.54) is 17.7 Å². The van der Waals surface area contributed by atoms with Crippen LogP contribution in [0.25, 0.3) is 6.08 Å². The van der Waals surface area contributed by atoms with Gasteiger partial charge < -0.3 is 14.4 Å². The molecule has 140 valence electrons. The van der Waals surface area contributed by atoms with Crippen molar-refractivity contribution in [2.24, 2.45) is 0 Å². The molecule has 26 heavy (non-hydrogen) atoms. The molecule has 0 unspecified atom stereocenters. The summed E-state index contributed by atoms with van der Waals surface area (Å²) in [5.41, 5.74) is 1.93. The SMILES string of the molecule is COCCCN1C(=O)S/C(=C/c2ccc(N3CCCC3)cc2OC)C1=O.